The number of nitrogens with two attached hydrogens (primary N) is 1. The molecule has 0 radical (unpaired) electrons. The number of hydrogen-bond acceptors (Lipinski definition) is 4. The molecule has 0 bridgehead atoms. The summed E-state index contributed by atoms with van der Waals surface area (Å²) in [7, 11) is -2.83. The molecule has 5 heteroatoms. The Morgan fingerprint density at radius 2 is 1.93 bits per heavy atom. The Morgan fingerprint density at radius 1 is 1.33 bits per heavy atom. The van der Waals surface area contributed by atoms with E-state index < -0.39 is 9.84 Å². The number of hydrogen-bond donors (Lipinski definition) is 1. The first-order valence-corrected chi connectivity index (χ1v) is 7.49. The Morgan fingerprint density at radius 3 is 2.40 bits per heavy atom. The van der Waals surface area contributed by atoms with Crippen LogP contribution < -0.4 is 5.73 Å². The van der Waals surface area contributed by atoms with Crippen molar-refractivity contribution in [2.45, 2.75) is 25.7 Å². The van der Waals surface area contributed by atoms with E-state index in [4.69, 9.17) is 10.5 Å². The summed E-state index contributed by atoms with van der Waals surface area (Å²) in [6.07, 6.45) is 4.84. The molecule has 0 unspecified atom stereocenters. The fourth-order valence-electron chi connectivity index (χ4n) is 2.07. The van der Waals surface area contributed by atoms with Crippen molar-refractivity contribution in [3.8, 4) is 0 Å². The molecule has 4 nitrogen and oxygen atoms in total. The third-order valence-electron chi connectivity index (χ3n) is 3.21. The van der Waals surface area contributed by atoms with Crippen molar-refractivity contribution in [1.29, 1.82) is 0 Å². The van der Waals surface area contributed by atoms with Gasteiger partial charge < -0.3 is 10.5 Å². The molecule has 0 atom stereocenters. The molecule has 2 N–H and O–H groups in total. The molecule has 1 saturated heterocycles. The maximum absolute atomic E-state index is 11.0. The molecular weight excluding hydrogens is 214 g/mol. The summed E-state index contributed by atoms with van der Waals surface area (Å²) in [6, 6.07) is 0. The first-order chi connectivity index (χ1) is 6.97. The van der Waals surface area contributed by atoms with Gasteiger partial charge in [0.15, 0.2) is 0 Å². The summed E-state index contributed by atoms with van der Waals surface area (Å²) in [6.45, 7) is 2.16. The van der Waals surface area contributed by atoms with E-state index in [1.165, 1.54) is 6.26 Å². The molecule has 15 heavy (non-hydrogen) atoms. The highest BCUT2D eigenvalue weighted by Gasteiger charge is 2.30. The lowest BCUT2D eigenvalue weighted by atomic mass is 9.77. The molecule has 1 heterocycles. The summed E-state index contributed by atoms with van der Waals surface area (Å²) in [5.41, 5.74) is 5.91. The lowest BCUT2D eigenvalue weighted by Gasteiger charge is -2.36. The van der Waals surface area contributed by atoms with Crippen LogP contribution in [0.2, 0.25) is 0 Å². The van der Waals surface area contributed by atoms with E-state index in [1.54, 1.807) is 0 Å². The summed E-state index contributed by atoms with van der Waals surface area (Å²) < 4.78 is 27.3. The fraction of sp³-hybridized carbons (Fsp3) is 1.00. The van der Waals surface area contributed by atoms with Crippen LogP contribution in [0.4, 0.5) is 0 Å². The van der Waals surface area contributed by atoms with E-state index in [9.17, 15) is 8.42 Å². The van der Waals surface area contributed by atoms with E-state index in [-0.39, 0.29) is 11.2 Å². The van der Waals surface area contributed by atoms with Gasteiger partial charge >= 0.3 is 0 Å². The van der Waals surface area contributed by atoms with Gasteiger partial charge in [0.25, 0.3) is 0 Å². The van der Waals surface area contributed by atoms with Crippen LogP contribution in [0.1, 0.15) is 25.7 Å². The standard InChI is InChI=1S/C10H21NO3S/c1-15(12,13)8-2-3-10(9-11)4-6-14-7-5-10/h2-9,11H2,1H3. The van der Waals surface area contributed by atoms with Crippen molar-refractivity contribution < 1.29 is 13.2 Å². The van der Waals surface area contributed by atoms with Crippen LogP contribution in [0.5, 0.6) is 0 Å². The molecule has 0 aromatic heterocycles. The zero-order chi connectivity index (χ0) is 11.4. The topological polar surface area (TPSA) is 69.4 Å². The highest BCUT2D eigenvalue weighted by molar-refractivity contribution is 7.90. The minimum Gasteiger partial charge on any atom is -0.381 e. The predicted octanol–water partition coefficient (Wildman–Crippen LogP) is 0.567. The molecule has 1 fully saturated rings. The molecule has 90 valence electrons. The van der Waals surface area contributed by atoms with Gasteiger partial charge in [-0.3, -0.25) is 0 Å². The van der Waals surface area contributed by atoms with Gasteiger partial charge in [0.2, 0.25) is 0 Å². The maximum Gasteiger partial charge on any atom is 0.147 e. The third-order valence-corrected chi connectivity index (χ3v) is 4.24. The Hall–Kier alpha value is -0.130. The molecule has 0 amide bonds. The Labute approximate surface area is 92.1 Å². The molecule has 0 saturated carbocycles. The SMILES string of the molecule is CS(=O)(=O)CCCC1(CN)CCOCC1. The van der Waals surface area contributed by atoms with Gasteiger partial charge in [-0.25, -0.2) is 8.42 Å². The number of sulfone groups is 1. The van der Waals surface area contributed by atoms with Crippen molar-refractivity contribution in [3.05, 3.63) is 0 Å². The largest absolute Gasteiger partial charge is 0.381 e. The summed E-state index contributed by atoms with van der Waals surface area (Å²) >= 11 is 0. The Balaban J connectivity index is 2.39. The van der Waals surface area contributed by atoms with E-state index in [0.29, 0.717) is 6.54 Å². The average molecular weight is 235 g/mol. The lowest BCUT2D eigenvalue weighted by Crippen LogP contribution is -2.36. The van der Waals surface area contributed by atoms with Crippen LogP contribution in [0.15, 0.2) is 0 Å². The Kier molecular flexibility index (Phi) is 4.55. The monoisotopic (exact) mass is 235 g/mol. The van der Waals surface area contributed by atoms with Crippen molar-refractivity contribution in [3.63, 3.8) is 0 Å². The fourth-order valence-corrected chi connectivity index (χ4v) is 2.74. The first kappa shape index (κ1) is 12.9. The molecule has 0 spiro atoms. The van der Waals surface area contributed by atoms with Gasteiger partial charge in [0.1, 0.15) is 9.84 Å². The third kappa shape index (κ3) is 4.49. The van der Waals surface area contributed by atoms with Crippen molar-refractivity contribution >= 4 is 9.84 Å². The van der Waals surface area contributed by atoms with E-state index in [2.05, 4.69) is 0 Å². The predicted molar refractivity (Wildman–Crippen MR) is 60.5 cm³/mol. The van der Waals surface area contributed by atoms with Crippen molar-refractivity contribution in [1.82, 2.24) is 0 Å². The van der Waals surface area contributed by atoms with Gasteiger partial charge in [0, 0.05) is 25.2 Å². The molecule has 0 aromatic rings. The summed E-state index contributed by atoms with van der Waals surface area (Å²) in [5.74, 6) is 0.273. The minimum absolute atomic E-state index is 0.128. The molecule has 1 aliphatic rings. The zero-order valence-corrected chi connectivity index (χ0v) is 10.2. The average Bonchev–Trinajstić information content (AvgIpc) is 2.17. The van der Waals surface area contributed by atoms with Crippen LogP contribution in [0, 0.1) is 5.41 Å². The zero-order valence-electron chi connectivity index (χ0n) is 9.37. The van der Waals surface area contributed by atoms with Crippen LogP contribution in [0.25, 0.3) is 0 Å². The van der Waals surface area contributed by atoms with Crippen molar-refractivity contribution in [2.75, 3.05) is 31.8 Å². The van der Waals surface area contributed by atoms with Crippen LogP contribution >= 0.6 is 0 Å². The number of ether oxygens (including phenoxy) is 1. The van der Waals surface area contributed by atoms with Crippen molar-refractivity contribution in [2.24, 2.45) is 11.1 Å². The lowest BCUT2D eigenvalue weighted by molar-refractivity contribution is 0.0145. The van der Waals surface area contributed by atoms with Gasteiger partial charge in [-0.2, -0.15) is 0 Å². The highest BCUT2D eigenvalue weighted by atomic mass is 32.2. The summed E-state index contributed by atoms with van der Waals surface area (Å²) in [5, 5.41) is 0. The molecule has 1 aliphatic heterocycles. The smallest absolute Gasteiger partial charge is 0.147 e. The minimum atomic E-state index is -2.83. The second-order valence-corrected chi connectivity index (χ2v) is 6.81. The van der Waals surface area contributed by atoms with E-state index in [0.717, 1.165) is 38.9 Å². The van der Waals surface area contributed by atoms with Gasteiger partial charge in [-0.1, -0.05) is 0 Å². The molecule has 0 aliphatic carbocycles. The normalized spacial score (nSPS) is 21.5. The van der Waals surface area contributed by atoms with Crippen LogP contribution in [-0.2, 0) is 14.6 Å². The quantitative estimate of drug-likeness (QED) is 0.756. The van der Waals surface area contributed by atoms with Crippen LogP contribution in [0.3, 0.4) is 0 Å². The summed E-state index contributed by atoms with van der Waals surface area (Å²) in [4.78, 5) is 0. The molecule has 0 aromatic carbocycles. The van der Waals surface area contributed by atoms with Gasteiger partial charge in [-0.15, -0.1) is 0 Å². The molecular formula is C10H21NO3S. The molecule has 1 rings (SSSR count). The number of rotatable bonds is 5. The second-order valence-electron chi connectivity index (χ2n) is 4.55. The second kappa shape index (κ2) is 5.27. The van der Waals surface area contributed by atoms with Gasteiger partial charge in [0.05, 0.1) is 0 Å². The maximum atomic E-state index is 11.0. The Bertz CT molecular complexity index is 281. The van der Waals surface area contributed by atoms with E-state index in [1.807, 2.05) is 0 Å². The van der Waals surface area contributed by atoms with E-state index >= 15 is 0 Å². The highest BCUT2D eigenvalue weighted by Crippen LogP contribution is 2.34. The van der Waals surface area contributed by atoms with Crippen LogP contribution in [-0.4, -0.2) is 40.2 Å². The van der Waals surface area contributed by atoms with Gasteiger partial charge in [-0.05, 0) is 37.6 Å². The first-order valence-electron chi connectivity index (χ1n) is 5.43.